The Balaban J connectivity index is 2.39. The van der Waals surface area contributed by atoms with E-state index in [2.05, 4.69) is 0 Å². The molecule has 1 fully saturated rings. The highest BCUT2D eigenvalue weighted by Gasteiger charge is 2.28. The summed E-state index contributed by atoms with van der Waals surface area (Å²) in [6, 6.07) is 0. The van der Waals surface area contributed by atoms with E-state index in [9.17, 15) is 4.79 Å². The van der Waals surface area contributed by atoms with E-state index in [1.807, 2.05) is 18.7 Å². The van der Waals surface area contributed by atoms with Gasteiger partial charge in [0.25, 0.3) is 0 Å². The lowest BCUT2D eigenvalue weighted by molar-refractivity contribution is -0.131. The fourth-order valence-corrected chi connectivity index (χ4v) is 1.51. The van der Waals surface area contributed by atoms with Crippen LogP contribution in [0.25, 0.3) is 0 Å². The predicted octanol–water partition coefficient (Wildman–Crippen LogP) is 0.483. The lowest BCUT2D eigenvalue weighted by Gasteiger charge is -2.19. The Kier molecular flexibility index (Phi) is 3.09. The van der Waals surface area contributed by atoms with Crippen LogP contribution < -0.4 is 0 Å². The smallest absolute Gasteiger partial charge is 0.225 e. The first-order valence-electron chi connectivity index (χ1n) is 4.54. The average Bonchev–Trinajstić information content (AvgIpc) is 2.36. The Morgan fingerprint density at radius 1 is 1.75 bits per heavy atom. The fraction of sp³-hybridized carbons (Fsp3) is 0.889. The van der Waals surface area contributed by atoms with Crippen LogP contribution >= 0.6 is 0 Å². The molecule has 2 unspecified atom stereocenters. The number of carbonyl (C=O) groups excluding carboxylic acids is 1. The molecule has 1 saturated heterocycles. The number of hydrogen-bond acceptors (Lipinski definition) is 2. The molecule has 1 aliphatic rings. The number of amides is 1. The minimum atomic E-state index is 0.165. The van der Waals surface area contributed by atoms with Gasteiger partial charge in [-0.05, 0) is 12.3 Å². The van der Waals surface area contributed by atoms with Gasteiger partial charge in [-0.15, -0.1) is 0 Å². The molecule has 1 rings (SSSR count). The third-order valence-corrected chi connectivity index (χ3v) is 2.41. The van der Waals surface area contributed by atoms with Crippen LogP contribution in [0.4, 0.5) is 0 Å². The van der Waals surface area contributed by atoms with Crippen LogP contribution in [0.1, 0.15) is 20.3 Å². The van der Waals surface area contributed by atoms with Crippen molar-refractivity contribution in [3.8, 4) is 0 Å². The van der Waals surface area contributed by atoms with E-state index < -0.39 is 0 Å². The molecule has 1 heterocycles. The summed E-state index contributed by atoms with van der Waals surface area (Å²) in [4.78, 5) is 13.3. The molecule has 0 aliphatic carbocycles. The van der Waals surface area contributed by atoms with Crippen molar-refractivity contribution in [3.63, 3.8) is 0 Å². The van der Waals surface area contributed by atoms with E-state index in [0.29, 0.717) is 6.54 Å². The summed E-state index contributed by atoms with van der Waals surface area (Å²) >= 11 is 0. The van der Waals surface area contributed by atoms with E-state index in [4.69, 9.17) is 5.11 Å². The molecule has 0 bridgehead atoms. The second-order valence-electron chi connectivity index (χ2n) is 3.76. The predicted molar refractivity (Wildman–Crippen MR) is 46.6 cm³/mol. The molecular formula is C9H17NO2. The first kappa shape index (κ1) is 9.52. The molecule has 1 aliphatic heterocycles. The summed E-state index contributed by atoms with van der Waals surface area (Å²) in [6.45, 7) is 5.66. The first-order valence-corrected chi connectivity index (χ1v) is 4.54. The number of aliphatic hydroxyl groups excluding tert-OH is 1. The van der Waals surface area contributed by atoms with Gasteiger partial charge in [0.1, 0.15) is 0 Å². The largest absolute Gasteiger partial charge is 0.396 e. The Labute approximate surface area is 73.4 Å². The van der Waals surface area contributed by atoms with Crippen molar-refractivity contribution >= 4 is 5.91 Å². The normalized spacial score (nSPS) is 26.4. The summed E-state index contributed by atoms with van der Waals surface area (Å²) in [5.74, 6) is 0.644. The first-order chi connectivity index (χ1) is 5.65. The highest BCUT2D eigenvalue weighted by molar-refractivity contribution is 5.80. The lowest BCUT2D eigenvalue weighted by atomic mass is 10.1. The highest BCUT2D eigenvalue weighted by Crippen LogP contribution is 2.17. The third-order valence-electron chi connectivity index (χ3n) is 2.41. The number of likely N-dealkylation sites (tertiary alicyclic amines) is 1. The summed E-state index contributed by atoms with van der Waals surface area (Å²) in [6.07, 6.45) is 0.969. The van der Waals surface area contributed by atoms with Crippen LogP contribution in [-0.2, 0) is 4.79 Å². The summed E-state index contributed by atoms with van der Waals surface area (Å²) < 4.78 is 0. The van der Waals surface area contributed by atoms with Gasteiger partial charge in [0.2, 0.25) is 5.91 Å². The summed E-state index contributed by atoms with van der Waals surface area (Å²) in [7, 11) is 0. The van der Waals surface area contributed by atoms with E-state index in [1.54, 1.807) is 0 Å². The molecule has 70 valence electrons. The van der Waals surface area contributed by atoms with Gasteiger partial charge in [0.05, 0.1) is 0 Å². The lowest BCUT2D eigenvalue weighted by Crippen LogP contribution is -2.32. The SMILES string of the molecule is CC(CO)CN1CCC(C)C1=O. The molecule has 0 aromatic rings. The number of carbonyl (C=O) groups is 1. The van der Waals surface area contributed by atoms with Crippen molar-refractivity contribution in [3.05, 3.63) is 0 Å². The molecule has 0 spiro atoms. The molecule has 0 radical (unpaired) electrons. The zero-order valence-electron chi connectivity index (χ0n) is 7.79. The van der Waals surface area contributed by atoms with Crippen LogP contribution in [0.3, 0.4) is 0 Å². The molecule has 0 aromatic carbocycles. The second kappa shape index (κ2) is 3.90. The molecule has 2 atom stereocenters. The van der Waals surface area contributed by atoms with Crippen LogP contribution in [0.15, 0.2) is 0 Å². The molecular weight excluding hydrogens is 154 g/mol. The maximum absolute atomic E-state index is 11.4. The Hall–Kier alpha value is -0.570. The highest BCUT2D eigenvalue weighted by atomic mass is 16.3. The Bertz CT molecular complexity index is 170. The minimum absolute atomic E-state index is 0.165. The molecule has 1 amide bonds. The van der Waals surface area contributed by atoms with Gasteiger partial charge in [0.15, 0.2) is 0 Å². The van der Waals surface area contributed by atoms with Crippen molar-refractivity contribution in [1.82, 2.24) is 4.90 Å². The van der Waals surface area contributed by atoms with Gasteiger partial charge in [-0.25, -0.2) is 0 Å². The molecule has 12 heavy (non-hydrogen) atoms. The fourth-order valence-electron chi connectivity index (χ4n) is 1.51. The van der Waals surface area contributed by atoms with Gasteiger partial charge in [-0.2, -0.15) is 0 Å². The number of nitrogens with zero attached hydrogens (tertiary/aromatic N) is 1. The maximum atomic E-state index is 11.4. The van der Waals surface area contributed by atoms with Gasteiger partial charge in [-0.3, -0.25) is 4.79 Å². The third kappa shape index (κ3) is 1.97. The zero-order valence-corrected chi connectivity index (χ0v) is 7.79. The second-order valence-corrected chi connectivity index (χ2v) is 3.76. The Morgan fingerprint density at radius 3 is 2.83 bits per heavy atom. The van der Waals surface area contributed by atoms with Gasteiger partial charge < -0.3 is 10.0 Å². The molecule has 3 nitrogen and oxygen atoms in total. The molecule has 1 N–H and O–H groups in total. The quantitative estimate of drug-likeness (QED) is 0.671. The number of rotatable bonds is 3. The molecule has 3 heteroatoms. The number of aliphatic hydroxyl groups is 1. The maximum Gasteiger partial charge on any atom is 0.225 e. The zero-order chi connectivity index (χ0) is 9.14. The van der Waals surface area contributed by atoms with Gasteiger partial charge in [0, 0.05) is 25.6 Å². The van der Waals surface area contributed by atoms with Crippen LogP contribution in [-0.4, -0.2) is 35.6 Å². The van der Waals surface area contributed by atoms with Crippen LogP contribution in [0, 0.1) is 11.8 Å². The van der Waals surface area contributed by atoms with Crippen molar-refractivity contribution in [2.24, 2.45) is 11.8 Å². The minimum Gasteiger partial charge on any atom is -0.396 e. The number of hydrogen-bond donors (Lipinski definition) is 1. The molecule has 0 aromatic heterocycles. The van der Waals surface area contributed by atoms with Gasteiger partial charge in [-0.1, -0.05) is 13.8 Å². The average molecular weight is 171 g/mol. The summed E-state index contributed by atoms with van der Waals surface area (Å²) in [5.41, 5.74) is 0. The van der Waals surface area contributed by atoms with Gasteiger partial charge >= 0.3 is 0 Å². The van der Waals surface area contributed by atoms with E-state index in [1.165, 1.54) is 0 Å². The van der Waals surface area contributed by atoms with Crippen molar-refractivity contribution in [1.29, 1.82) is 0 Å². The van der Waals surface area contributed by atoms with Crippen molar-refractivity contribution in [2.45, 2.75) is 20.3 Å². The van der Waals surface area contributed by atoms with Crippen LogP contribution in [0.2, 0.25) is 0 Å². The monoisotopic (exact) mass is 171 g/mol. The standard InChI is InChI=1S/C9H17NO2/c1-7(6-11)5-10-4-3-8(2)9(10)12/h7-8,11H,3-6H2,1-2H3. The summed E-state index contributed by atoms with van der Waals surface area (Å²) in [5, 5.41) is 8.81. The van der Waals surface area contributed by atoms with E-state index in [-0.39, 0.29) is 24.3 Å². The van der Waals surface area contributed by atoms with E-state index >= 15 is 0 Å². The van der Waals surface area contributed by atoms with Crippen LogP contribution in [0.5, 0.6) is 0 Å². The topological polar surface area (TPSA) is 40.5 Å². The van der Waals surface area contributed by atoms with E-state index in [0.717, 1.165) is 13.0 Å². The Morgan fingerprint density at radius 2 is 2.42 bits per heavy atom. The van der Waals surface area contributed by atoms with Crippen molar-refractivity contribution in [2.75, 3.05) is 19.7 Å². The van der Waals surface area contributed by atoms with Crippen molar-refractivity contribution < 1.29 is 9.90 Å². The molecule has 0 saturated carbocycles.